The van der Waals surface area contributed by atoms with Crippen LogP contribution in [-0.2, 0) is 11.8 Å². The Morgan fingerprint density at radius 1 is 1.29 bits per heavy atom. The van der Waals surface area contributed by atoms with Gasteiger partial charge in [-0.25, -0.2) is 9.97 Å². The fourth-order valence-corrected chi connectivity index (χ4v) is 5.17. The maximum absolute atomic E-state index is 13.4. The van der Waals surface area contributed by atoms with Crippen molar-refractivity contribution in [3.05, 3.63) is 57.8 Å². The summed E-state index contributed by atoms with van der Waals surface area (Å²) in [5.74, 6) is 0.884. The van der Waals surface area contributed by atoms with Crippen LogP contribution in [0.4, 0.5) is 0 Å². The maximum atomic E-state index is 13.4. The second kappa shape index (κ2) is 6.31. The van der Waals surface area contributed by atoms with Crippen LogP contribution >= 0.6 is 11.6 Å². The zero-order valence-electron chi connectivity index (χ0n) is 16.2. The lowest BCUT2D eigenvalue weighted by atomic mass is 9.77. The van der Waals surface area contributed by atoms with E-state index in [4.69, 9.17) is 16.6 Å². The van der Waals surface area contributed by atoms with E-state index in [-0.39, 0.29) is 11.3 Å². The van der Waals surface area contributed by atoms with Gasteiger partial charge in [-0.2, -0.15) is 0 Å². The number of halogens is 1. The van der Waals surface area contributed by atoms with Crippen molar-refractivity contribution in [1.82, 2.24) is 19.9 Å². The van der Waals surface area contributed by atoms with Gasteiger partial charge in [-0.1, -0.05) is 11.6 Å². The van der Waals surface area contributed by atoms with Crippen LogP contribution in [0, 0.1) is 13.8 Å². The van der Waals surface area contributed by atoms with Crippen LogP contribution in [0.15, 0.2) is 24.4 Å². The summed E-state index contributed by atoms with van der Waals surface area (Å²) in [6.07, 6.45) is 6.10. The second-order valence-corrected chi connectivity index (χ2v) is 8.65. The third kappa shape index (κ3) is 2.64. The topological polar surface area (TPSA) is 61.9 Å². The largest absolute Gasteiger partial charge is 0.350 e. The molecular formula is C22H23ClN4O. The van der Waals surface area contributed by atoms with Crippen LogP contribution in [-0.4, -0.2) is 38.8 Å². The fourth-order valence-electron chi connectivity index (χ4n) is 5.00. The molecule has 0 radical (unpaired) electrons. The molecule has 3 aromatic rings. The van der Waals surface area contributed by atoms with Crippen molar-refractivity contribution in [2.24, 2.45) is 0 Å². The molecule has 3 heterocycles. The maximum Gasteiger partial charge on any atom is 0.270 e. The summed E-state index contributed by atoms with van der Waals surface area (Å²) in [5, 5.41) is 1.69. The zero-order chi connectivity index (χ0) is 19.5. The molecular weight excluding hydrogens is 372 g/mol. The number of fused-ring (bicyclic) bond motifs is 3. The third-order valence-electron chi connectivity index (χ3n) is 6.46. The number of aryl methyl sites for hydroxylation is 3. The molecule has 5 nitrogen and oxygen atoms in total. The van der Waals surface area contributed by atoms with Gasteiger partial charge in [-0.3, -0.25) is 4.79 Å². The van der Waals surface area contributed by atoms with E-state index in [1.54, 1.807) is 0 Å². The minimum atomic E-state index is -0.0276. The van der Waals surface area contributed by atoms with E-state index in [1.807, 2.05) is 43.1 Å². The molecule has 6 heteroatoms. The summed E-state index contributed by atoms with van der Waals surface area (Å²) >= 11 is 6.15. The highest BCUT2D eigenvalue weighted by atomic mass is 35.5. The first-order chi connectivity index (χ1) is 13.5. The SMILES string of the molecule is Cc1ncc2c(n1)C1(CCCN(C(=O)c3[nH]c4ccc(Cl)cc4c3C)C1)CC2. The Morgan fingerprint density at radius 3 is 3.00 bits per heavy atom. The number of rotatable bonds is 1. The first-order valence-electron chi connectivity index (χ1n) is 9.87. The number of carbonyl (C=O) groups is 1. The van der Waals surface area contributed by atoms with Crippen LogP contribution in [0.5, 0.6) is 0 Å². The lowest BCUT2D eigenvalue weighted by Crippen LogP contribution is -2.48. The van der Waals surface area contributed by atoms with E-state index < -0.39 is 0 Å². The number of nitrogens with one attached hydrogen (secondary N) is 1. The van der Waals surface area contributed by atoms with E-state index in [2.05, 4.69) is 9.97 Å². The minimum Gasteiger partial charge on any atom is -0.350 e. The summed E-state index contributed by atoms with van der Waals surface area (Å²) in [6, 6.07) is 5.71. The second-order valence-electron chi connectivity index (χ2n) is 8.22. The van der Waals surface area contributed by atoms with E-state index in [1.165, 1.54) is 5.56 Å². The molecule has 144 valence electrons. The number of nitrogens with zero attached hydrogens (tertiary/aromatic N) is 3. The van der Waals surface area contributed by atoms with E-state index >= 15 is 0 Å². The number of piperidine rings is 1. The Bertz CT molecular complexity index is 1100. The van der Waals surface area contributed by atoms with Crippen molar-refractivity contribution in [2.75, 3.05) is 13.1 Å². The molecule has 2 aliphatic rings. The molecule has 5 rings (SSSR count). The predicted molar refractivity (Wildman–Crippen MR) is 110 cm³/mol. The number of benzene rings is 1. The summed E-state index contributed by atoms with van der Waals surface area (Å²) in [7, 11) is 0. The van der Waals surface area contributed by atoms with Crippen LogP contribution in [0.1, 0.15) is 52.4 Å². The molecule has 1 amide bonds. The quantitative estimate of drug-likeness (QED) is 0.667. The molecule has 0 saturated carbocycles. The molecule has 2 aromatic heterocycles. The van der Waals surface area contributed by atoms with Gasteiger partial charge in [0.15, 0.2) is 0 Å². The van der Waals surface area contributed by atoms with Crippen molar-refractivity contribution in [2.45, 2.75) is 44.9 Å². The number of amides is 1. The van der Waals surface area contributed by atoms with Gasteiger partial charge in [0.2, 0.25) is 0 Å². The standard InChI is InChI=1S/C22H23ClN4O/c1-13-17-10-16(23)4-5-18(17)26-19(13)21(28)27-9-3-7-22(12-27)8-6-15-11-24-14(2)25-20(15)22/h4-5,10-11,26H,3,6-9,12H2,1-2H3. The Kier molecular flexibility index (Phi) is 3.98. The number of hydrogen-bond acceptors (Lipinski definition) is 3. The van der Waals surface area contributed by atoms with Crippen molar-refractivity contribution in [3.8, 4) is 0 Å². The zero-order valence-corrected chi connectivity index (χ0v) is 16.9. The Balaban J connectivity index is 1.49. The highest BCUT2D eigenvalue weighted by molar-refractivity contribution is 6.31. The lowest BCUT2D eigenvalue weighted by molar-refractivity contribution is 0.0627. The Hall–Kier alpha value is -2.40. The van der Waals surface area contributed by atoms with Gasteiger partial charge in [0.1, 0.15) is 11.5 Å². The summed E-state index contributed by atoms with van der Waals surface area (Å²) in [4.78, 5) is 27.9. The third-order valence-corrected chi connectivity index (χ3v) is 6.69. The number of hydrogen-bond donors (Lipinski definition) is 1. The first-order valence-corrected chi connectivity index (χ1v) is 10.2. The summed E-state index contributed by atoms with van der Waals surface area (Å²) < 4.78 is 0. The average molecular weight is 395 g/mol. The number of aromatic nitrogens is 3. The molecule has 28 heavy (non-hydrogen) atoms. The average Bonchev–Trinajstić information content (AvgIpc) is 3.20. The van der Waals surface area contributed by atoms with Gasteiger partial charge in [-0.15, -0.1) is 0 Å². The molecule has 1 spiro atoms. The lowest BCUT2D eigenvalue weighted by Gasteiger charge is -2.40. The predicted octanol–water partition coefficient (Wildman–Crippen LogP) is 4.35. The number of H-pyrrole nitrogens is 1. The molecule has 1 aliphatic heterocycles. The van der Waals surface area contributed by atoms with Gasteiger partial charge in [0.25, 0.3) is 5.91 Å². The van der Waals surface area contributed by atoms with E-state index in [0.29, 0.717) is 10.7 Å². The molecule has 1 fully saturated rings. The smallest absolute Gasteiger partial charge is 0.270 e. The molecule has 1 aromatic carbocycles. The highest BCUT2D eigenvalue weighted by Crippen LogP contribution is 2.44. The molecule has 0 bridgehead atoms. The van der Waals surface area contributed by atoms with Crippen molar-refractivity contribution >= 4 is 28.4 Å². The molecule has 1 aliphatic carbocycles. The first kappa shape index (κ1) is 17.7. The van der Waals surface area contributed by atoms with Crippen LogP contribution in [0.3, 0.4) is 0 Å². The highest BCUT2D eigenvalue weighted by Gasteiger charge is 2.45. The molecule has 1 atom stereocenters. The molecule has 1 N–H and O–H groups in total. The summed E-state index contributed by atoms with van der Waals surface area (Å²) in [6.45, 7) is 5.45. The van der Waals surface area contributed by atoms with Gasteiger partial charge < -0.3 is 9.88 Å². The molecule has 1 unspecified atom stereocenters. The fraction of sp³-hybridized carbons (Fsp3) is 0.409. The normalized spacial score (nSPS) is 21.5. The van der Waals surface area contributed by atoms with Crippen molar-refractivity contribution in [1.29, 1.82) is 0 Å². The van der Waals surface area contributed by atoms with Crippen molar-refractivity contribution < 1.29 is 4.79 Å². The van der Waals surface area contributed by atoms with E-state index in [9.17, 15) is 4.79 Å². The van der Waals surface area contributed by atoms with Gasteiger partial charge in [0, 0.05) is 40.6 Å². The number of likely N-dealkylation sites (tertiary alicyclic amines) is 1. The number of carbonyl (C=O) groups excluding carboxylic acids is 1. The minimum absolute atomic E-state index is 0.0276. The number of aromatic amines is 1. The van der Waals surface area contributed by atoms with Crippen LogP contribution in [0.25, 0.3) is 10.9 Å². The van der Waals surface area contributed by atoms with Crippen molar-refractivity contribution in [3.63, 3.8) is 0 Å². The van der Waals surface area contributed by atoms with E-state index in [0.717, 1.165) is 66.8 Å². The van der Waals surface area contributed by atoms with Crippen LogP contribution in [0.2, 0.25) is 5.02 Å². The van der Waals surface area contributed by atoms with Crippen LogP contribution < -0.4 is 0 Å². The summed E-state index contributed by atoms with van der Waals surface area (Å²) in [5.41, 5.74) is 4.97. The monoisotopic (exact) mass is 394 g/mol. The van der Waals surface area contributed by atoms with Gasteiger partial charge in [0.05, 0.1) is 5.69 Å². The Labute approximate surface area is 169 Å². The van der Waals surface area contributed by atoms with Gasteiger partial charge in [-0.05, 0) is 68.9 Å². The Morgan fingerprint density at radius 2 is 2.14 bits per heavy atom. The molecule has 1 saturated heterocycles. The van der Waals surface area contributed by atoms with Gasteiger partial charge >= 0.3 is 0 Å².